The average molecular weight is 295 g/mol. The maximum absolute atomic E-state index is 8.76. The van der Waals surface area contributed by atoms with Crippen LogP contribution in [0.25, 0.3) is 11.4 Å². The molecule has 0 unspecified atom stereocenters. The molecule has 1 N–H and O–H groups in total. The molecule has 0 bridgehead atoms. The third-order valence-electron chi connectivity index (χ3n) is 2.35. The molecule has 0 fully saturated rings. The lowest BCUT2D eigenvalue weighted by Gasteiger charge is -2.05. The van der Waals surface area contributed by atoms with Crippen molar-refractivity contribution >= 4 is 23.4 Å². The van der Waals surface area contributed by atoms with Gasteiger partial charge in [-0.05, 0) is 25.1 Å². The lowest BCUT2D eigenvalue weighted by atomic mass is 10.2. The van der Waals surface area contributed by atoms with Gasteiger partial charge in [0.2, 0.25) is 5.16 Å². The summed E-state index contributed by atoms with van der Waals surface area (Å²) in [5.41, 5.74) is 0.735. The van der Waals surface area contributed by atoms with Gasteiger partial charge in [-0.3, -0.25) is 5.10 Å². The van der Waals surface area contributed by atoms with E-state index in [2.05, 4.69) is 21.3 Å². The first-order chi connectivity index (χ1) is 9.13. The van der Waals surface area contributed by atoms with Crippen molar-refractivity contribution in [1.82, 2.24) is 15.2 Å². The van der Waals surface area contributed by atoms with Crippen molar-refractivity contribution in [3.63, 3.8) is 0 Å². The molecule has 0 aliphatic carbocycles. The van der Waals surface area contributed by atoms with Gasteiger partial charge in [-0.25, -0.2) is 4.98 Å². The monoisotopic (exact) mass is 294 g/mol. The first-order valence-corrected chi connectivity index (χ1v) is 6.72. The van der Waals surface area contributed by atoms with E-state index in [1.165, 1.54) is 11.8 Å². The number of ether oxygens (including phenoxy) is 1. The Bertz CT molecular complexity index is 622. The zero-order valence-electron chi connectivity index (χ0n) is 10.3. The molecule has 19 heavy (non-hydrogen) atoms. The summed E-state index contributed by atoms with van der Waals surface area (Å²) in [6.07, 6.45) is 0. The number of nitrogens with one attached hydrogen (secondary N) is 1. The second-order valence-electron chi connectivity index (χ2n) is 3.70. The molecule has 0 spiro atoms. The summed E-state index contributed by atoms with van der Waals surface area (Å²) in [5, 5.41) is 16.6. The van der Waals surface area contributed by atoms with E-state index in [1.807, 2.05) is 0 Å². The van der Waals surface area contributed by atoms with Crippen LogP contribution in [0.1, 0.15) is 6.92 Å². The Hall–Kier alpha value is -1.71. The van der Waals surface area contributed by atoms with Crippen LogP contribution in [0.2, 0.25) is 5.02 Å². The number of hydrogen-bond donors (Lipinski definition) is 1. The van der Waals surface area contributed by atoms with E-state index < -0.39 is 0 Å². The van der Waals surface area contributed by atoms with Crippen LogP contribution < -0.4 is 4.74 Å². The Morgan fingerprint density at radius 1 is 1.53 bits per heavy atom. The molecule has 1 atom stereocenters. The van der Waals surface area contributed by atoms with Crippen molar-refractivity contribution in [1.29, 1.82) is 5.26 Å². The quantitative estimate of drug-likeness (QED) is 0.877. The molecule has 5 nitrogen and oxygen atoms in total. The SMILES string of the molecule is COc1ccc(Cl)cc1-c1nc(S[C@H](C)C#N)n[nH]1. The summed E-state index contributed by atoms with van der Waals surface area (Å²) in [4.78, 5) is 4.32. The Morgan fingerprint density at radius 3 is 3.00 bits per heavy atom. The van der Waals surface area contributed by atoms with Gasteiger partial charge in [0, 0.05) is 5.02 Å². The minimum atomic E-state index is -0.204. The predicted octanol–water partition coefficient (Wildman–Crippen LogP) is 3.14. The molecule has 0 saturated heterocycles. The van der Waals surface area contributed by atoms with Gasteiger partial charge in [-0.15, -0.1) is 5.10 Å². The fourth-order valence-corrected chi connectivity index (χ4v) is 2.25. The summed E-state index contributed by atoms with van der Waals surface area (Å²) in [6, 6.07) is 7.38. The fraction of sp³-hybridized carbons (Fsp3) is 0.250. The summed E-state index contributed by atoms with van der Waals surface area (Å²) < 4.78 is 5.26. The molecule has 1 aromatic carbocycles. The molecule has 2 aromatic rings. The molecule has 0 aliphatic heterocycles. The van der Waals surface area contributed by atoms with Crippen LogP contribution in [0.15, 0.2) is 23.4 Å². The number of rotatable bonds is 4. The van der Waals surface area contributed by atoms with Crippen LogP contribution in [0.3, 0.4) is 0 Å². The number of thioether (sulfide) groups is 1. The van der Waals surface area contributed by atoms with E-state index in [0.717, 1.165) is 5.56 Å². The largest absolute Gasteiger partial charge is 0.496 e. The molecule has 98 valence electrons. The van der Waals surface area contributed by atoms with Gasteiger partial charge < -0.3 is 4.74 Å². The summed E-state index contributed by atoms with van der Waals surface area (Å²) >= 11 is 7.26. The molecule has 0 radical (unpaired) electrons. The van der Waals surface area contributed by atoms with Gasteiger partial charge in [0.05, 0.1) is 24.0 Å². The molecule has 0 aliphatic rings. The molecule has 0 saturated carbocycles. The summed E-state index contributed by atoms with van der Waals surface area (Å²) in [5.74, 6) is 1.22. The average Bonchev–Trinajstić information content (AvgIpc) is 2.86. The summed E-state index contributed by atoms with van der Waals surface area (Å²) in [6.45, 7) is 1.79. The van der Waals surface area contributed by atoms with Crippen molar-refractivity contribution < 1.29 is 4.74 Å². The Labute approximate surface area is 119 Å². The molecular weight excluding hydrogens is 284 g/mol. The highest BCUT2D eigenvalue weighted by Gasteiger charge is 2.13. The zero-order chi connectivity index (χ0) is 13.8. The molecule has 0 amide bonds. The van der Waals surface area contributed by atoms with Crippen LogP contribution in [-0.4, -0.2) is 27.5 Å². The van der Waals surface area contributed by atoms with Crippen LogP contribution in [0.5, 0.6) is 5.75 Å². The van der Waals surface area contributed by atoms with Gasteiger partial charge in [-0.1, -0.05) is 23.4 Å². The minimum absolute atomic E-state index is 0.204. The van der Waals surface area contributed by atoms with Crippen LogP contribution in [0.4, 0.5) is 0 Å². The number of halogens is 1. The lowest BCUT2D eigenvalue weighted by molar-refractivity contribution is 0.416. The van der Waals surface area contributed by atoms with E-state index >= 15 is 0 Å². The molecule has 7 heteroatoms. The molecule has 2 rings (SSSR count). The van der Waals surface area contributed by atoms with Crippen molar-refractivity contribution in [2.75, 3.05) is 7.11 Å². The molecule has 1 heterocycles. The van der Waals surface area contributed by atoms with Crippen molar-refractivity contribution in [2.24, 2.45) is 0 Å². The zero-order valence-corrected chi connectivity index (χ0v) is 11.9. The Balaban J connectivity index is 2.33. The molecule has 1 aromatic heterocycles. The number of aromatic amines is 1. The highest BCUT2D eigenvalue weighted by molar-refractivity contribution is 8.00. The van der Waals surface area contributed by atoms with E-state index in [-0.39, 0.29) is 5.25 Å². The maximum atomic E-state index is 8.76. The predicted molar refractivity (Wildman–Crippen MR) is 74.3 cm³/mol. The van der Waals surface area contributed by atoms with Gasteiger partial charge >= 0.3 is 0 Å². The Morgan fingerprint density at radius 2 is 2.32 bits per heavy atom. The highest BCUT2D eigenvalue weighted by Crippen LogP contribution is 2.31. The van der Waals surface area contributed by atoms with Gasteiger partial charge in [0.15, 0.2) is 5.82 Å². The number of benzene rings is 1. The smallest absolute Gasteiger partial charge is 0.210 e. The van der Waals surface area contributed by atoms with Crippen LogP contribution in [-0.2, 0) is 0 Å². The van der Waals surface area contributed by atoms with E-state index in [0.29, 0.717) is 21.8 Å². The fourth-order valence-electron chi connectivity index (χ4n) is 1.47. The lowest BCUT2D eigenvalue weighted by Crippen LogP contribution is -1.91. The van der Waals surface area contributed by atoms with Crippen LogP contribution in [0, 0.1) is 11.3 Å². The third-order valence-corrected chi connectivity index (χ3v) is 3.43. The van der Waals surface area contributed by atoms with Crippen molar-refractivity contribution in [3.8, 4) is 23.2 Å². The molecular formula is C12H11ClN4OS. The number of nitriles is 1. The first kappa shape index (κ1) is 13.7. The van der Waals surface area contributed by atoms with E-state index in [1.54, 1.807) is 32.2 Å². The number of hydrogen-bond acceptors (Lipinski definition) is 5. The topological polar surface area (TPSA) is 74.6 Å². The van der Waals surface area contributed by atoms with Crippen LogP contribution >= 0.6 is 23.4 Å². The van der Waals surface area contributed by atoms with Gasteiger partial charge in [0.25, 0.3) is 0 Å². The second kappa shape index (κ2) is 5.95. The van der Waals surface area contributed by atoms with Gasteiger partial charge in [-0.2, -0.15) is 5.26 Å². The number of nitrogens with zero attached hydrogens (tertiary/aromatic N) is 3. The number of aromatic nitrogens is 3. The number of H-pyrrole nitrogens is 1. The number of methoxy groups -OCH3 is 1. The van der Waals surface area contributed by atoms with E-state index in [9.17, 15) is 0 Å². The normalized spacial score (nSPS) is 11.9. The minimum Gasteiger partial charge on any atom is -0.496 e. The van der Waals surface area contributed by atoms with Crippen molar-refractivity contribution in [3.05, 3.63) is 23.2 Å². The first-order valence-electron chi connectivity index (χ1n) is 5.46. The second-order valence-corrected chi connectivity index (χ2v) is 5.44. The van der Waals surface area contributed by atoms with E-state index in [4.69, 9.17) is 21.6 Å². The Kier molecular flexibility index (Phi) is 4.30. The third kappa shape index (κ3) is 3.19. The van der Waals surface area contributed by atoms with Gasteiger partial charge in [0.1, 0.15) is 5.75 Å². The highest BCUT2D eigenvalue weighted by atomic mass is 35.5. The van der Waals surface area contributed by atoms with Crippen molar-refractivity contribution in [2.45, 2.75) is 17.3 Å². The standard InChI is InChI=1S/C12H11ClN4OS/c1-7(6-14)19-12-15-11(16-17-12)9-5-8(13)3-4-10(9)18-2/h3-5,7H,1-2H3,(H,15,16,17)/t7-/m1/s1. The maximum Gasteiger partial charge on any atom is 0.210 e. The summed E-state index contributed by atoms with van der Waals surface area (Å²) in [7, 11) is 1.58.